The van der Waals surface area contributed by atoms with Crippen molar-refractivity contribution in [1.29, 1.82) is 0 Å². The summed E-state index contributed by atoms with van der Waals surface area (Å²) in [6.45, 7) is 7.77. The summed E-state index contributed by atoms with van der Waals surface area (Å²) in [6, 6.07) is 6.78. The Bertz CT molecular complexity index is 937. The zero-order valence-corrected chi connectivity index (χ0v) is 17.7. The van der Waals surface area contributed by atoms with Gasteiger partial charge in [0.2, 0.25) is 0 Å². The summed E-state index contributed by atoms with van der Waals surface area (Å²) in [6.07, 6.45) is 8.51. The van der Waals surface area contributed by atoms with Crippen molar-refractivity contribution >= 4 is 10.9 Å². The maximum Gasteiger partial charge on any atom is 0.131 e. The zero-order chi connectivity index (χ0) is 20.7. The van der Waals surface area contributed by atoms with Crippen molar-refractivity contribution in [2.75, 3.05) is 13.1 Å². The maximum atomic E-state index is 14.5. The Morgan fingerprint density at radius 1 is 1.23 bits per heavy atom. The number of hydrogen-bond donors (Lipinski definition) is 1. The molecule has 0 bridgehead atoms. The predicted octanol–water partition coefficient (Wildman–Crippen LogP) is 4.34. The van der Waals surface area contributed by atoms with E-state index in [9.17, 15) is 9.50 Å². The van der Waals surface area contributed by atoms with Gasteiger partial charge in [0.25, 0.3) is 0 Å². The van der Waals surface area contributed by atoms with Gasteiger partial charge in [0, 0.05) is 50.3 Å². The standard InChI is InChI=1S/C25H32FN3O/c1-2-25(26)9-12-28(13-10-25)15-18-14-19-16-29(22-7-3-4-8-23(22)30)17-21(19)24-20(18)6-5-11-27-24/h2,5-6,11,14,22-23,30H,1,3-4,7-10,12-13,15-17H2. The molecule has 1 saturated heterocycles. The lowest BCUT2D eigenvalue weighted by Gasteiger charge is -2.35. The van der Waals surface area contributed by atoms with Gasteiger partial charge in [0.1, 0.15) is 5.67 Å². The summed E-state index contributed by atoms with van der Waals surface area (Å²) in [5.74, 6) is 0. The molecule has 2 atom stereocenters. The van der Waals surface area contributed by atoms with Crippen molar-refractivity contribution in [3.63, 3.8) is 0 Å². The number of aliphatic hydroxyl groups is 1. The fourth-order valence-corrected chi connectivity index (χ4v) is 5.64. The van der Waals surface area contributed by atoms with Gasteiger partial charge in [0.05, 0.1) is 11.6 Å². The topological polar surface area (TPSA) is 39.6 Å². The number of nitrogens with zero attached hydrogens (tertiary/aromatic N) is 3. The molecule has 2 unspecified atom stereocenters. The Morgan fingerprint density at radius 2 is 2.03 bits per heavy atom. The van der Waals surface area contributed by atoms with E-state index in [0.717, 1.165) is 57.5 Å². The first-order valence-corrected chi connectivity index (χ1v) is 11.4. The fraction of sp³-hybridized carbons (Fsp3) is 0.560. The van der Waals surface area contributed by atoms with Crippen LogP contribution in [0.1, 0.15) is 55.2 Å². The summed E-state index contributed by atoms with van der Waals surface area (Å²) < 4.78 is 14.5. The first-order valence-electron chi connectivity index (χ1n) is 11.4. The van der Waals surface area contributed by atoms with Gasteiger partial charge < -0.3 is 5.11 Å². The highest BCUT2D eigenvalue weighted by atomic mass is 19.1. The largest absolute Gasteiger partial charge is 0.391 e. The van der Waals surface area contributed by atoms with E-state index in [2.05, 4.69) is 28.5 Å². The summed E-state index contributed by atoms with van der Waals surface area (Å²) in [7, 11) is 0. The van der Waals surface area contributed by atoms with E-state index >= 15 is 0 Å². The van der Waals surface area contributed by atoms with Crippen LogP contribution in [0, 0.1) is 0 Å². The minimum absolute atomic E-state index is 0.217. The van der Waals surface area contributed by atoms with Gasteiger partial charge in [-0.2, -0.15) is 0 Å². The summed E-state index contributed by atoms with van der Waals surface area (Å²) >= 11 is 0. The van der Waals surface area contributed by atoms with Gasteiger partial charge in [-0.15, -0.1) is 0 Å². The first kappa shape index (κ1) is 20.1. The van der Waals surface area contributed by atoms with E-state index in [-0.39, 0.29) is 12.1 Å². The molecule has 3 heterocycles. The predicted molar refractivity (Wildman–Crippen MR) is 118 cm³/mol. The monoisotopic (exact) mass is 409 g/mol. The van der Waals surface area contributed by atoms with Crippen molar-refractivity contribution in [2.45, 2.75) is 76.0 Å². The van der Waals surface area contributed by atoms with Crippen LogP contribution in [0.15, 0.2) is 37.1 Å². The molecule has 1 aliphatic carbocycles. The van der Waals surface area contributed by atoms with Crippen LogP contribution in [0.25, 0.3) is 10.9 Å². The number of benzene rings is 1. The molecule has 1 N–H and O–H groups in total. The van der Waals surface area contributed by atoms with Gasteiger partial charge in [-0.3, -0.25) is 14.8 Å². The average Bonchev–Trinajstić information content (AvgIpc) is 3.20. The molecule has 2 fully saturated rings. The molecule has 30 heavy (non-hydrogen) atoms. The molecule has 0 amide bonds. The molecule has 1 saturated carbocycles. The Labute approximate surface area is 178 Å². The maximum absolute atomic E-state index is 14.5. The number of allylic oxidation sites excluding steroid dienone is 1. The van der Waals surface area contributed by atoms with Crippen LogP contribution < -0.4 is 0 Å². The number of likely N-dealkylation sites (tertiary alicyclic amines) is 1. The molecule has 160 valence electrons. The number of hydrogen-bond acceptors (Lipinski definition) is 4. The molecule has 2 aliphatic heterocycles. The molecule has 0 spiro atoms. The Morgan fingerprint density at radius 3 is 2.80 bits per heavy atom. The van der Waals surface area contributed by atoms with Crippen LogP contribution >= 0.6 is 0 Å². The number of pyridine rings is 1. The van der Waals surface area contributed by atoms with Crippen LogP contribution in [0.3, 0.4) is 0 Å². The summed E-state index contributed by atoms with van der Waals surface area (Å²) in [5, 5.41) is 11.8. The third-order valence-corrected chi connectivity index (χ3v) is 7.52. The van der Waals surface area contributed by atoms with Gasteiger partial charge in [0.15, 0.2) is 0 Å². The van der Waals surface area contributed by atoms with Crippen molar-refractivity contribution in [1.82, 2.24) is 14.8 Å². The third kappa shape index (κ3) is 3.68. The Balaban J connectivity index is 1.41. The number of piperidine rings is 1. The van der Waals surface area contributed by atoms with Crippen molar-refractivity contribution in [3.05, 3.63) is 53.7 Å². The van der Waals surface area contributed by atoms with Crippen LogP contribution in [-0.4, -0.2) is 50.8 Å². The minimum atomic E-state index is -1.21. The van der Waals surface area contributed by atoms with Gasteiger partial charge >= 0.3 is 0 Å². The summed E-state index contributed by atoms with van der Waals surface area (Å²) in [4.78, 5) is 9.57. The number of alkyl halides is 1. The fourth-order valence-electron chi connectivity index (χ4n) is 5.64. The number of aromatic nitrogens is 1. The lowest BCUT2D eigenvalue weighted by atomic mass is 9.91. The number of halogens is 1. The molecular weight excluding hydrogens is 377 g/mol. The van der Waals surface area contributed by atoms with Crippen LogP contribution in [0.2, 0.25) is 0 Å². The summed E-state index contributed by atoms with van der Waals surface area (Å²) in [5.41, 5.74) is 3.84. The number of rotatable bonds is 4. The molecule has 4 nitrogen and oxygen atoms in total. The SMILES string of the molecule is C=CC1(F)CCN(Cc2cc3c(c4ncccc24)CN(C2CCCCC2O)C3)CC1. The van der Waals surface area contributed by atoms with Crippen molar-refractivity contribution in [2.24, 2.45) is 0 Å². The van der Waals surface area contributed by atoms with Gasteiger partial charge in [-0.25, -0.2) is 4.39 Å². The number of fused-ring (bicyclic) bond motifs is 3. The average molecular weight is 410 g/mol. The molecule has 3 aliphatic rings. The molecule has 1 aromatic heterocycles. The highest BCUT2D eigenvalue weighted by Crippen LogP contribution is 2.36. The van der Waals surface area contributed by atoms with E-state index < -0.39 is 5.67 Å². The highest BCUT2D eigenvalue weighted by Gasteiger charge is 2.35. The van der Waals surface area contributed by atoms with E-state index in [0.29, 0.717) is 12.8 Å². The zero-order valence-electron chi connectivity index (χ0n) is 17.7. The Kier molecular flexibility index (Phi) is 5.38. The second kappa shape index (κ2) is 8.03. The second-order valence-corrected chi connectivity index (χ2v) is 9.41. The quantitative estimate of drug-likeness (QED) is 0.763. The molecule has 0 radical (unpaired) electrons. The van der Waals surface area contributed by atoms with Crippen LogP contribution in [0.5, 0.6) is 0 Å². The second-order valence-electron chi connectivity index (χ2n) is 9.41. The Hall–Kier alpha value is -1.82. The van der Waals surface area contributed by atoms with E-state index in [1.54, 1.807) is 0 Å². The van der Waals surface area contributed by atoms with Crippen molar-refractivity contribution < 1.29 is 9.50 Å². The molecule has 5 rings (SSSR count). The minimum Gasteiger partial charge on any atom is -0.391 e. The third-order valence-electron chi connectivity index (χ3n) is 7.52. The lowest BCUT2D eigenvalue weighted by Crippen LogP contribution is -2.42. The normalized spacial score (nSPS) is 27.3. The van der Waals surface area contributed by atoms with E-state index in [1.165, 1.54) is 34.6 Å². The van der Waals surface area contributed by atoms with Crippen LogP contribution in [0.4, 0.5) is 4.39 Å². The number of aliphatic hydroxyl groups excluding tert-OH is 1. The van der Waals surface area contributed by atoms with E-state index in [1.807, 2.05) is 12.3 Å². The molecular formula is C25H32FN3O. The lowest BCUT2D eigenvalue weighted by molar-refractivity contribution is 0.0177. The van der Waals surface area contributed by atoms with Gasteiger partial charge in [-0.1, -0.05) is 37.6 Å². The van der Waals surface area contributed by atoms with Crippen molar-refractivity contribution in [3.8, 4) is 0 Å². The molecule has 1 aromatic carbocycles. The van der Waals surface area contributed by atoms with E-state index in [4.69, 9.17) is 4.98 Å². The molecule has 2 aromatic rings. The van der Waals surface area contributed by atoms with Crippen LogP contribution in [-0.2, 0) is 19.6 Å². The van der Waals surface area contributed by atoms with Gasteiger partial charge in [-0.05, 0) is 48.4 Å². The first-order chi connectivity index (χ1) is 14.6. The molecule has 5 heteroatoms. The smallest absolute Gasteiger partial charge is 0.131 e. The highest BCUT2D eigenvalue weighted by molar-refractivity contribution is 5.86.